The molecule has 0 bridgehead atoms. The second kappa shape index (κ2) is 7.88. The molecule has 1 heterocycles. The Bertz CT molecular complexity index is 819. The molecule has 0 amide bonds. The fourth-order valence-corrected chi connectivity index (χ4v) is 2.16. The summed E-state index contributed by atoms with van der Waals surface area (Å²) < 4.78 is 27.4. The van der Waals surface area contributed by atoms with Crippen LogP contribution in [0, 0.1) is 11.6 Å². The van der Waals surface area contributed by atoms with Gasteiger partial charge in [-0.05, 0) is 53.5 Å². The Labute approximate surface area is 148 Å². The Morgan fingerprint density at radius 3 is 2.04 bits per heavy atom. The molecule has 0 N–H and O–H groups in total. The molecule has 24 heavy (non-hydrogen) atoms. The number of carbonyl (C=O) groups excluding carboxylic acids is 1. The highest BCUT2D eigenvalue weighted by Crippen LogP contribution is 2.15. The second-order valence-corrected chi connectivity index (χ2v) is 5.05. The van der Waals surface area contributed by atoms with Crippen LogP contribution in [0.3, 0.4) is 0 Å². The zero-order chi connectivity index (χ0) is 16.2. The Morgan fingerprint density at radius 2 is 1.50 bits per heavy atom. The summed E-state index contributed by atoms with van der Waals surface area (Å²) in [5.74, 6) is -0.810. The van der Waals surface area contributed by atoms with Crippen LogP contribution in [0.25, 0.3) is 11.3 Å². The van der Waals surface area contributed by atoms with Gasteiger partial charge in [-0.3, -0.25) is 4.79 Å². The van der Waals surface area contributed by atoms with E-state index in [0.29, 0.717) is 11.3 Å². The molecule has 3 aromatic rings. The summed E-state index contributed by atoms with van der Waals surface area (Å²) in [6.45, 7) is 0.113. The van der Waals surface area contributed by atoms with Crippen molar-refractivity contribution in [3.05, 3.63) is 84.3 Å². The first-order valence-electron chi connectivity index (χ1n) is 7.01. The molecule has 0 aliphatic carbocycles. The lowest BCUT2D eigenvalue weighted by atomic mass is 10.1. The molecule has 6 heteroatoms. The van der Waals surface area contributed by atoms with E-state index < -0.39 is 0 Å². The molecule has 0 aliphatic rings. The zero-order valence-electron chi connectivity index (χ0n) is 12.5. The molecular weight excluding hydrogens is 378 g/mol. The number of hydrogen-bond acceptors (Lipinski definition) is 2. The van der Waals surface area contributed by atoms with Crippen molar-refractivity contribution in [2.24, 2.45) is 0 Å². The molecule has 122 valence electrons. The van der Waals surface area contributed by atoms with Crippen molar-refractivity contribution < 1.29 is 18.1 Å². The van der Waals surface area contributed by atoms with Crippen LogP contribution in [0.15, 0.2) is 67.1 Å². The van der Waals surface area contributed by atoms with Gasteiger partial charge >= 0.3 is 0 Å². The Balaban J connectivity index is 0.00000208. The van der Waals surface area contributed by atoms with Gasteiger partial charge in [0.25, 0.3) is 6.33 Å². The van der Waals surface area contributed by atoms with Crippen molar-refractivity contribution >= 4 is 22.8 Å². The Hall–Kier alpha value is -2.47. The molecule has 0 atom stereocenters. The van der Waals surface area contributed by atoms with E-state index in [1.54, 1.807) is 35.3 Å². The molecule has 0 unspecified atom stereocenters. The first kappa shape index (κ1) is 17.9. The van der Waals surface area contributed by atoms with Crippen molar-refractivity contribution in [3.8, 4) is 11.3 Å². The SMILES string of the molecule is Br.O=C(C[n+]1ccc(-c2ccc(F)cc2)nc1)c1ccc(F)cc1. The standard InChI is InChI=1S/C18H13F2N2O.BrH/c19-15-5-1-13(2-6-15)17-9-10-22(12-21-17)11-18(23)14-3-7-16(20)8-4-14;/h1-10,12H,11H2;1H/q+1;. The maximum atomic E-state index is 12.9. The summed E-state index contributed by atoms with van der Waals surface area (Å²) in [6.07, 6.45) is 3.27. The first-order chi connectivity index (χ1) is 11.1. The fraction of sp³-hybridized carbons (Fsp3) is 0.0556. The number of carbonyl (C=O) groups is 1. The number of halogens is 3. The molecule has 0 radical (unpaired) electrons. The van der Waals surface area contributed by atoms with E-state index in [2.05, 4.69) is 4.98 Å². The average molecular weight is 392 g/mol. The third-order valence-corrected chi connectivity index (χ3v) is 3.40. The van der Waals surface area contributed by atoms with Gasteiger partial charge in [-0.15, -0.1) is 17.0 Å². The lowest BCUT2D eigenvalue weighted by Gasteiger charge is -2.01. The normalized spacial score (nSPS) is 10.1. The number of aromatic nitrogens is 2. The van der Waals surface area contributed by atoms with Gasteiger partial charge in [-0.1, -0.05) is 0 Å². The highest BCUT2D eigenvalue weighted by atomic mass is 79.9. The monoisotopic (exact) mass is 391 g/mol. The number of Topliss-reactive ketones (excluding diaryl/α,β-unsaturated/α-hetero) is 1. The van der Waals surface area contributed by atoms with Crippen LogP contribution in [0.4, 0.5) is 8.78 Å². The third kappa shape index (κ3) is 4.29. The van der Waals surface area contributed by atoms with E-state index in [-0.39, 0.29) is 40.9 Å². The van der Waals surface area contributed by atoms with E-state index in [1.807, 2.05) is 0 Å². The minimum Gasteiger partial charge on any atom is -0.290 e. The molecule has 3 nitrogen and oxygen atoms in total. The highest BCUT2D eigenvalue weighted by molar-refractivity contribution is 8.93. The first-order valence-corrected chi connectivity index (χ1v) is 7.01. The van der Waals surface area contributed by atoms with Crippen molar-refractivity contribution in [1.29, 1.82) is 0 Å². The van der Waals surface area contributed by atoms with Gasteiger partial charge in [0, 0.05) is 17.2 Å². The summed E-state index contributed by atoms with van der Waals surface area (Å²) in [6, 6.07) is 13.2. The maximum absolute atomic E-state index is 12.9. The average Bonchev–Trinajstić information content (AvgIpc) is 2.57. The minimum absolute atomic E-state index is 0. The van der Waals surface area contributed by atoms with Gasteiger partial charge in [0.05, 0.1) is 6.20 Å². The van der Waals surface area contributed by atoms with Crippen LogP contribution >= 0.6 is 17.0 Å². The van der Waals surface area contributed by atoms with Gasteiger partial charge in [0.1, 0.15) is 11.6 Å². The van der Waals surface area contributed by atoms with Gasteiger partial charge in [-0.25, -0.2) is 13.3 Å². The largest absolute Gasteiger partial charge is 0.290 e. The number of rotatable bonds is 4. The van der Waals surface area contributed by atoms with Crippen LogP contribution in [0.1, 0.15) is 10.4 Å². The summed E-state index contributed by atoms with van der Waals surface area (Å²) in [4.78, 5) is 16.4. The van der Waals surface area contributed by atoms with Crippen LogP contribution < -0.4 is 4.57 Å². The number of nitrogens with zero attached hydrogens (tertiary/aromatic N) is 2. The Morgan fingerprint density at radius 1 is 0.917 bits per heavy atom. The molecule has 1 aromatic heterocycles. The quantitative estimate of drug-likeness (QED) is 0.500. The second-order valence-electron chi connectivity index (χ2n) is 5.05. The summed E-state index contributed by atoms with van der Waals surface area (Å²) in [5.41, 5.74) is 1.93. The summed E-state index contributed by atoms with van der Waals surface area (Å²) in [5, 5.41) is 0. The fourth-order valence-electron chi connectivity index (χ4n) is 2.16. The number of benzene rings is 2. The van der Waals surface area contributed by atoms with Gasteiger partial charge in [-0.2, -0.15) is 0 Å². The van der Waals surface area contributed by atoms with Gasteiger partial charge in [0.2, 0.25) is 5.78 Å². The van der Waals surface area contributed by atoms with Crippen molar-refractivity contribution in [2.45, 2.75) is 6.54 Å². The lowest BCUT2D eigenvalue weighted by molar-refractivity contribution is -0.686. The predicted octanol–water partition coefficient (Wildman–Crippen LogP) is 3.78. The molecule has 0 spiro atoms. The summed E-state index contributed by atoms with van der Waals surface area (Å²) >= 11 is 0. The van der Waals surface area contributed by atoms with Crippen LogP contribution in [0.5, 0.6) is 0 Å². The van der Waals surface area contributed by atoms with E-state index in [9.17, 15) is 13.6 Å². The predicted molar refractivity (Wildman–Crippen MR) is 90.9 cm³/mol. The summed E-state index contributed by atoms with van der Waals surface area (Å²) in [7, 11) is 0. The molecule has 0 saturated carbocycles. The van der Waals surface area contributed by atoms with E-state index in [1.165, 1.54) is 36.4 Å². The smallest absolute Gasteiger partial charge is 0.287 e. The zero-order valence-corrected chi connectivity index (χ0v) is 14.2. The Kier molecular flexibility index (Phi) is 5.87. The maximum Gasteiger partial charge on any atom is 0.287 e. The lowest BCUT2D eigenvalue weighted by Crippen LogP contribution is -2.37. The van der Waals surface area contributed by atoms with Crippen LogP contribution in [-0.2, 0) is 6.54 Å². The molecular formula is C18H14BrF2N2O+. The van der Waals surface area contributed by atoms with Crippen LogP contribution in [0.2, 0.25) is 0 Å². The van der Waals surface area contributed by atoms with E-state index in [4.69, 9.17) is 0 Å². The van der Waals surface area contributed by atoms with Crippen LogP contribution in [-0.4, -0.2) is 10.8 Å². The minimum atomic E-state index is -0.375. The van der Waals surface area contributed by atoms with E-state index >= 15 is 0 Å². The third-order valence-electron chi connectivity index (χ3n) is 3.40. The van der Waals surface area contributed by atoms with Gasteiger partial charge in [0.15, 0.2) is 12.2 Å². The number of hydrogen-bond donors (Lipinski definition) is 0. The molecule has 0 aliphatic heterocycles. The van der Waals surface area contributed by atoms with E-state index in [0.717, 1.165) is 5.56 Å². The van der Waals surface area contributed by atoms with Crippen molar-refractivity contribution in [1.82, 2.24) is 4.98 Å². The molecule has 3 rings (SSSR count). The van der Waals surface area contributed by atoms with Crippen molar-refractivity contribution in [2.75, 3.05) is 0 Å². The molecule has 0 fully saturated rings. The number of ketones is 1. The van der Waals surface area contributed by atoms with Crippen molar-refractivity contribution in [3.63, 3.8) is 0 Å². The highest BCUT2D eigenvalue weighted by Gasteiger charge is 2.12. The van der Waals surface area contributed by atoms with Gasteiger partial charge < -0.3 is 0 Å². The molecule has 2 aromatic carbocycles. The topological polar surface area (TPSA) is 33.8 Å². The molecule has 0 saturated heterocycles.